The molecule has 0 saturated heterocycles. The van der Waals surface area contributed by atoms with E-state index in [0.29, 0.717) is 17.4 Å². The van der Waals surface area contributed by atoms with E-state index < -0.39 is 0 Å². The van der Waals surface area contributed by atoms with Crippen LogP contribution in [-0.4, -0.2) is 11.4 Å². The normalized spacial score (nSPS) is 14.9. The van der Waals surface area contributed by atoms with E-state index in [1.807, 2.05) is 30.3 Å². The number of rotatable bonds is 1. The summed E-state index contributed by atoms with van der Waals surface area (Å²) >= 11 is 0. The largest absolute Gasteiger partial charge is 0.515 e. The third-order valence-electron chi connectivity index (χ3n) is 1.71. The van der Waals surface area contributed by atoms with Crippen LogP contribution in [0.25, 0.3) is 0 Å². The average Bonchev–Trinajstić information content (AvgIpc) is 2.91. The van der Waals surface area contributed by atoms with Gasteiger partial charge in [0.05, 0.1) is 6.26 Å². The smallest absolute Gasteiger partial charge is 0.150 e. The molecule has 1 aliphatic rings. The van der Waals surface area contributed by atoms with Crippen molar-refractivity contribution in [2.45, 2.75) is 0 Å². The molecule has 3 heteroatoms. The van der Waals surface area contributed by atoms with Crippen LogP contribution in [0, 0.1) is 0 Å². The molecule has 1 aliphatic carbocycles. The van der Waals surface area contributed by atoms with Crippen molar-refractivity contribution in [3.8, 4) is 0 Å². The van der Waals surface area contributed by atoms with E-state index in [1.165, 1.54) is 0 Å². The molecule has 0 radical (unpaired) electrons. The van der Waals surface area contributed by atoms with E-state index in [2.05, 4.69) is 0 Å². The van der Waals surface area contributed by atoms with Crippen LogP contribution in [0.3, 0.4) is 0 Å². The van der Waals surface area contributed by atoms with Crippen LogP contribution in [0.5, 0.6) is 0 Å². The first kappa shape index (κ1) is 13.6. The van der Waals surface area contributed by atoms with Crippen LogP contribution in [0.1, 0.15) is 0 Å². The van der Waals surface area contributed by atoms with Crippen LogP contribution >= 0.6 is 0 Å². The Kier molecular flexibility index (Phi) is 7.16. The molecule has 80 valence electrons. The second-order valence-corrected chi connectivity index (χ2v) is 2.65. The van der Waals surface area contributed by atoms with Gasteiger partial charge in [-0.05, 0) is 0 Å². The van der Waals surface area contributed by atoms with Gasteiger partial charge in [0.25, 0.3) is 0 Å². The Balaban J connectivity index is 0.000000280. The van der Waals surface area contributed by atoms with Gasteiger partial charge in [-0.2, -0.15) is 18.2 Å². The van der Waals surface area contributed by atoms with Crippen molar-refractivity contribution in [1.29, 1.82) is 0 Å². The molecular weight excluding hydrogens is 232 g/mol. The van der Waals surface area contributed by atoms with E-state index in [4.69, 9.17) is 5.11 Å². The van der Waals surface area contributed by atoms with Crippen LogP contribution in [0.2, 0.25) is 0 Å². The second kappa shape index (κ2) is 7.92. The molecule has 0 aliphatic heterocycles. The van der Waals surface area contributed by atoms with Gasteiger partial charge >= 0.3 is 0 Å². The molecule has 0 atom stereocenters. The van der Waals surface area contributed by atoms with Gasteiger partial charge in [0.1, 0.15) is 0 Å². The first-order chi connectivity index (χ1) is 6.88. The minimum atomic E-state index is 0. The summed E-state index contributed by atoms with van der Waals surface area (Å²) in [5.41, 5.74) is 1.10. The number of hydrogen-bond donors (Lipinski definition) is 1. The minimum absolute atomic E-state index is 0. The van der Waals surface area contributed by atoms with Crippen molar-refractivity contribution in [3.63, 3.8) is 0 Å². The summed E-state index contributed by atoms with van der Waals surface area (Å²) < 4.78 is 0. The maximum Gasteiger partial charge on any atom is 0.150 e. The van der Waals surface area contributed by atoms with Crippen molar-refractivity contribution < 1.29 is 27.0 Å². The molecule has 1 aromatic carbocycles. The maximum atomic E-state index is 10.1. The Labute approximate surface area is 99.5 Å². The fourth-order valence-electron chi connectivity index (χ4n) is 0.994. The van der Waals surface area contributed by atoms with Gasteiger partial charge in [-0.15, -0.1) is 0 Å². The van der Waals surface area contributed by atoms with E-state index >= 15 is 0 Å². The monoisotopic (exact) mass is 243 g/mol. The summed E-state index contributed by atoms with van der Waals surface area (Å²) in [6.07, 6.45) is 6.66. The van der Waals surface area contributed by atoms with Crippen LogP contribution in [0.15, 0.2) is 66.0 Å². The Morgan fingerprint density at radius 3 is 2.27 bits per heavy atom. The predicted octanol–water partition coefficient (Wildman–Crippen LogP) is 2.53. The molecule has 0 spiro atoms. The fourth-order valence-corrected chi connectivity index (χ4v) is 0.994. The third-order valence-corrected chi connectivity index (χ3v) is 1.71. The van der Waals surface area contributed by atoms with Crippen LogP contribution < -0.4 is 0 Å². The Hall–Kier alpha value is -1.44. The molecule has 0 saturated carbocycles. The van der Waals surface area contributed by atoms with Crippen molar-refractivity contribution >= 4 is 6.29 Å². The van der Waals surface area contributed by atoms with E-state index in [9.17, 15) is 4.79 Å². The van der Waals surface area contributed by atoms with Gasteiger partial charge in [-0.25, -0.2) is 12.1 Å². The van der Waals surface area contributed by atoms with Crippen molar-refractivity contribution in [3.05, 3.63) is 66.0 Å². The average molecular weight is 243 g/mol. The summed E-state index contributed by atoms with van der Waals surface area (Å²) in [7, 11) is 0. The predicted molar refractivity (Wildman–Crippen MR) is 56.0 cm³/mol. The van der Waals surface area contributed by atoms with Gasteiger partial charge in [0.2, 0.25) is 0 Å². The number of hydrogen-bond acceptors (Lipinski definition) is 2. The summed E-state index contributed by atoms with van der Waals surface area (Å²) in [5.74, 6) is 0. The van der Waals surface area contributed by atoms with Gasteiger partial charge < -0.3 is 5.11 Å². The number of allylic oxidation sites excluding steroid dienone is 5. The zero-order valence-electron chi connectivity index (χ0n) is 7.98. The quantitative estimate of drug-likeness (QED) is 0.356. The van der Waals surface area contributed by atoms with E-state index in [0.717, 1.165) is 6.26 Å². The van der Waals surface area contributed by atoms with E-state index in [-0.39, 0.29) is 17.1 Å². The number of aliphatic hydroxyl groups excluding tert-OH is 1. The fraction of sp³-hybridized carbons (Fsp3) is 0. The summed E-state index contributed by atoms with van der Waals surface area (Å²) in [6.45, 7) is 0. The molecule has 1 aromatic rings. The summed E-state index contributed by atoms with van der Waals surface area (Å²) in [6, 6.07) is 10.0. The van der Waals surface area contributed by atoms with E-state index in [1.54, 1.807) is 18.2 Å². The number of aldehydes is 1. The number of carbonyl (C=O) groups excluding carboxylic acids is 1. The van der Waals surface area contributed by atoms with Gasteiger partial charge in [0.15, 0.2) is 6.29 Å². The minimum Gasteiger partial charge on any atom is -0.515 e. The number of carbonyl (C=O) groups is 1. The molecule has 0 unspecified atom stereocenters. The molecular formula is C12H11FeO2-. The zero-order chi connectivity index (χ0) is 10.2. The second-order valence-electron chi connectivity index (χ2n) is 2.65. The molecule has 0 aromatic heterocycles. The van der Waals surface area contributed by atoms with Crippen LogP contribution in [0.4, 0.5) is 0 Å². The molecule has 15 heavy (non-hydrogen) atoms. The first-order valence-corrected chi connectivity index (χ1v) is 4.23. The van der Waals surface area contributed by atoms with Gasteiger partial charge in [0, 0.05) is 28.2 Å². The Bertz CT molecular complexity index is 342. The molecule has 2 nitrogen and oxygen atoms in total. The number of aliphatic hydroxyl groups is 1. The zero-order valence-corrected chi connectivity index (χ0v) is 9.09. The third kappa shape index (κ3) is 4.54. The SMILES string of the molecule is O=CC1=CC=C/C1=C\O.[Fe].c1cc[cH-]c1. The van der Waals surface area contributed by atoms with Crippen molar-refractivity contribution in [2.24, 2.45) is 0 Å². The van der Waals surface area contributed by atoms with Crippen molar-refractivity contribution in [2.75, 3.05) is 0 Å². The molecule has 0 fully saturated rings. The molecule has 1 N–H and O–H groups in total. The maximum absolute atomic E-state index is 10.1. The topological polar surface area (TPSA) is 37.3 Å². The van der Waals surface area contributed by atoms with Gasteiger partial charge in [-0.1, -0.05) is 18.2 Å². The molecule has 0 bridgehead atoms. The summed E-state index contributed by atoms with van der Waals surface area (Å²) in [5, 5.41) is 8.45. The van der Waals surface area contributed by atoms with Gasteiger partial charge in [-0.3, -0.25) is 4.79 Å². The first-order valence-electron chi connectivity index (χ1n) is 4.23. The Morgan fingerprint density at radius 2 is 1.93 bits per heavy atom. The van der Waals surface area contributed by atoms with Crippen LogP contribution in [-0.2, 0) is 21.9 Å². The Morgan fingerprint density at radius 1 is 1.27 bits per heavy atom. The molecule has 2 rings (SSSR count). The standard InChI is InChI=1S/C7H6O2.C5H5.Fe/c8-4-6-2-1-3-7(6)5-9;1-2-4-5-3-1;/h1-5,8H;1-5H;/q;-1;/b6-4+;;. The summed E-state index contributed by atoms with van der Waals surface area (Å²) in [4.78, 5) is 10.1. The molecule has 0 heterocycles. The molecule has 0 amide bonds. The van der Waals surface area contributed by atoms with Crippen molar-refractivity contribution in [1.82, 2.24) is 0 Å².